The summed E-state index contributed by atoms with van der Waals surface area (Å²) in [7, 11) is 1.63. The van der Waals surface area contributed by atoms with Gasteiger partial charge in [0.2, 0.25) is 5.95 Å². The number of rotatable bonds is 5. The van der Waals surface area contributed by atoms with E-state index in [2.05, 4.69) is 37.4 Å². The molecule has 0 radical (unpaired) electrons. The molecule has 188 valence electrons. The molecular formula is C30H30N4O3. The first-order chi connectivity index (χ1) is 17.9. The highest BCUT2D eigenvalue weighted by Gasteiger charge is 2.42. The van der Waals surface area contributed by atoms with E-state index in [1.165, 1.54) is 0 Å². The van der Waals surface area contributed by atoms with Crippen LogP contribution in [0.3, 0.4) is 0 Å². The summed E-state index contributed by atoms with van der Waals surface area (Å²) >= 11 is 0. The smallest absolute Gasteiger partial charge is 0.226 e. The Labute approximate surface area is 216 Å². The highest BCUT2D eigenvalue weighted by Crippen LogP contribution is 2.47. The maximum absolute atomic E-state index is 13.6. The number of hydrogen-bond acceptors (Lipinski definition) is 6. The number of benzene rings is 3. The zero-order valence-electron chi connectivity index (χ0n) is 21.5. The van der Waals surface area contributed by atoms with Crippen molar-refractivity contribution in [3.63, 3.8) is 0 Å². The normalized spacial score (nSPS) is 18.3. The molecule has 1 N–H and O–H groups in total. The first kappa shape index (κ1) is 23.3. The Balaban J connectivity index is 1.54. The van der Waals surface area contributed by atoms with Gasteiger partial charge in [-0.15, -0.1) is 5.10 Å². The van der Waals surface area contributed by atoms with Crippen LogP contribution >= 0.6 is 0 Å². The second kappa shape index (κ2) is 8.76. The number of nitrogens with zero attached hydrogens (tertiary/aromatic N) is 3. The number of carbonyl (C=O) groups is 1. The minimum atomic E-state index is -0.421. The number of anilines is 1. The SMILES string of the molecule is CCOc1ccc(C2C3=C(CC(C)(C)CC3=O)Nc3nc(-c4cccc5ccccc45)nn32)cc1OC. The summed E-state index contributed by atoms with van der Waals surface area (Å²) < 4.78 is 13.2. The van der Waals surface area contributed by atoms with E-state index in [0.717, 1.165) is 39.6 Å². The molecule has 1 aliphatic heterocycles. The van der Waals surface area contributed by atoms with E-state index in [0.29, 0.717) is 36.3 Å². The molecule has 0 fully saturated rings. The predicted molar refractivity (Wildman–Crippen MR) is 144 cm³/mol. The third-order valence-corrected chi connectivity index (χ3v) is 7.17. The molecule has 1 aliphatic carbocycles. The Morgan fingerprint density at radius 1 is 1.05 bits per heavy atom. The zero-order chi connectivity index (χ0) is 25.7. The molecule has 0 spiro atoms. The van der Waals surface area contributed by atoms with Crippen molar-refractivity contribution in [1.29, 1.82) is 0 Å². The lowest BCUT2D eigenvalue weighted by Gasteiger charge is -2.38. The lowest BCUT2D eigenvalue weighted by Crippen LogP contribution is -2.36. The van der Waals surface area contributed by atoms with Gasteiger partial charge in [0.15, 0.2) is 23.1 Å². The molecule has 1 aromatic heterocycles. The highest BCUT2D eigenvalue weighted by molar-refractivity contribution is 6.00. The molecule has 0 saturated carbocycles. The first-order valence-electron chi connectivity index (χ1n) is 12.7. The molecule has 0 amide bonds. The third-order valence-electron chi connectivity index (χ3n) is 7.17. The fourth-order valence-corrected chi connectivity index (χ4v) is 5.58. The van der Waals surface area contributed by atoms with Gasteiger partial charge in [0, 0.05) is 23.3 Å². The van der Waals surface area contributed by atoms with Crippen LogP contribution in [0.4, 0.5) is 5.95 Å². The lowest BCUT2D eigenvalue weighted by atomic mass is 9.73. The van der Waals surface area contributed by atoms with Crippen molar-refractivity contribution in [3.8, 4) is 22.9 Å². The fraction of sp³-hybridized carbons (Fsp3) is 0.300. The van der Waals surface area contributed by atoms with Crippen molar-refractivity contribution in [2.45, 2.75) is 39.7 Å². The summed E-state index contributed by atoms with van der Waals surface area (Å²) in [5.41, 5.74) is 3.38. The Kier molecular flexibility index (Phi) is 5.51. The van der Waals surface area contributed by atoms with Crippen LogP contribution in [0.5, 0.6) is 11.5 Å². The van der Waals surface area contributed by atoms with Crippen molar-refractivity contribution in [1.82, 2.24) is 14.8 Å². The molecule has 1 atom stereocenters. The van der Waals surface area contributed by atoms with Gasteiger partial charge in [0.1, 0.15) is 6.04 Å². The second-order valence-corrected chi connectivity index (χ2v) is 10.4. The lowest BCUT2D eigenvalue weighted by molar-refractivity contribution is -0.118. The van der Waals surface area contributed by atoms with Crippen LogP contribution in [0.1, 0.15) is 45.2 Å². The molecule has 0 saturated heterocycles. The Morgan fingerprint density at radius 2 is 1.86 bits per heavy atom. The molecule has 4 aromatic rings. The summed E-state index contributed by atoms with van der Waals surface area (Å²) in [4.78, 5) is 18.5. The molecule has 2 heterocycles. The quantitative estimate of drug-likeness (QED) is 0.358. The summed E-state index contributed by atoms with van der Waals surface area (Å²) in [5.74, 6) is 2.67. The van der Waals surface area contributed by atoms with E-state index in [9.17, 15) is 4.79 Å². The van der Waals surface area contributed by atoms with Gasteiger partial charge in [-0.2, -0.15) is 4.98 Å². The zero-order valence-corrected chi connectivity index (χ0v) is 21.5. The molecule has 1 unspecified atom stereocenters. The van der Waals surface area contributed by atoms with Crippen molar-refractivity contribution in [3.05, 3.63) is 77.5 Å². The topological polar surface area (TPSA) is 78.3 Å². The van der Waals surface area contributed by atoms with E-state index in [4.69, 9.17) is 19.6 Å². The largest absolute Gasteiger partial charge is 0.493 e. The number of hydrogen-bond donors (Lipinski definition) is 1. The number of ether oxygens (including phenoxy) is 2. The van der Waals surface area contributed by atoms with Crippen LogP contribution < -0.4 is 14.8 Å². The van der Waals surface area contributed by atoms with Crippen molar-refractivity contribution < 1.29 is 14.3 Å². The Morgan fingerprint density at radius 3 is 2.68 bits per heavy atom. The van der Waals surface area contributed by atoms with Crippen LogP contribution in [-0.4, -0.2) is 34.3 Å². The summed E-state index contributed by atoms with van der Waals surface area (Å²) in [5, 5.41) is 10.7. The van der Waals surface area contributed by atoms with E-state index >= 15 is 0 Å². The molecule has 7 heteroatoms. The van der Waals surface area contributed by atoms with Gasteiger partial charge in [0.05, 0.1) is 13.7 Å². The van der Waals surface area contributed by atoms with Gasteiger partial charge in [-0.05, 0) is 47.2 Å². The average molecular weight is 495 g/mol. The molecule has 3 aromatic carbocycles. The number of Topliss-reactive ketones (excluding diaryl/α,β-unsaturated/α-hetero) is 1. The molecular weight excluding hydrogens is 464 g/mol. The number of ketones is 1. The number of fused-ring (bicyclic) bond motifs is 2. The summed E-state index contributed by atoms with van der Waals surface area (Å²) in [6.45, 7) is 6.74. The standard InChI is InChI=1S/C30H30N4O3/c1-5-37-24-14-13-19(15-25(24)36-4)27-26-22(16-30(2,3)17-23(26)35)31-29-32-28(33-34(27)29)21-12-8-10-18-9-6-7-11-20(18)21/h6-15,27H,5,16-17H2,1-4H3,(H,31,32,33). The molecule has 7 nitrogen and oxygen atoms in total. The minimum Gasteiger partial charge on any atom is -0.493 e. The number of aromatic nitrogens is 3. The first-order valence-corrected chi connectivity index (χ1v) is 12.7. The fourth-order valence-electron chi connectivity index (χ4n) is 5.58. The number of methoxy groups -OCH3 is 1. The van der Waals surface area contributed by atoms with E-state index in [1.54, 1.807) is 7.11 Å². The van der Waals surface area contributed by atoms with Gasteiger partial charge in [0.25, 0.3) is 0 Å². The third kappa shape index (κ3) is 3.95. The predicted octanol–water partition coefficient (Wildman–Crippen LogP) is 6.16. The summed E-state index contributed by atoms with van der Waals surface area (Å²) in [6.07, 6.45) is 1.24. The highest BCUT2D eigenvalue weighted by atomic mass is 16.5. The van der Waals surface area contributed by atoms with Gasteiger partial charge in [-0.1, -0.05) is 62.4 Å². The minimum absolute atomic E-state index is 0.129. The van der Waals surface area contributed by atoms with Crippen LogP contribution in [0.15, 0.2) is 71.9 Å². The molecule has 37 heavy (non-hydrogen) atoms. The van der Waals surface area contributed by atoms with E-state index in [1.807, 2.05) is 54.1 Å². The monoisotopic (exact) mass is 494 g/mol. The second-order valence-electron chi connectivity index (χ2n) is 10.4. The van der Waals surface area contributed by atoms with Crippen LogP contribution in [-0.2, 0) is 4.79 Å². The molecule has 6 rings (SSSR count). The van der Waals surface area contributed by atoms with Crippen LogP contribution in [0, 0.1) is 5.41 Å². The summed E-state index contributed by atoms with van der Waals surface area (Å²) in [6, 6.07) is 19.8. The van der Waals surface area contributed by atoms with Gasteiger partial charge in [-0.25, -0.2) is 4.68 Å². The van der Waals surface area contributed by atoms with Gasteiger partial charge < -0.3 is 14.8 Å². The van der Waals surface area contributed by atoms with Gasteiger partial charge in [-0.3, -0.25) is 4.79 Å². The Bertz CT molecular complexity index is 1560. The van der Waals surface area contributed by atoms with E-state index in [-0.39, 0.29) is 11.2 Å². The van der Waals surface area contributed by atoms with Crippen molar-refractivity contribution in [2.75, 3.05) is 19.0 Å². The average Bonchev–Trinajstić information content (AvgIpc) is 3.30. The number of allylic oxidation sites excluding steroid dienone is 2. The number of carbonyl (C=O) groups excluding carboxylic acids is 1. The van der Waals surface area contributed by atoms with Crippen LogP contribution in [0.25, 0.3) is 22.2 Å². The molecule has 0 bridgehead atoms. The van der Waals surface area contributed by atoms with Crippen molar-refractivity contribution >= 4 is 22.5 Å². The van der Waals surface area contributed by atoms with Gasteiger partial charge >= 0.3 is 0 Å². The number of nitrogens with one attached hydrogen (secondary N) is 1. The van der Waals surface area contributed by atoms with Crippen molar-refractivity contribution in [2.24, 2.45) is 5.41 Å². The maximum atomic E-state index is 13.6. The Hall–Kier alpha value is -4.13. The molecule has 2 aliphatic rings. The maximum Gasteiger partial charge on any atom is 0.226 e. The van der Waals surface area contributed by atoms with Crippen LogP contribution in [0.2, 0.25) is 0 Å². The van der Waals surface area contributed by atoms with E-state index < -0.39 is 6.04 Å².